The van der Waals surface area contributed by atoms with Crippen LogP contribution in [0.5, 0.6) is 0 Å². The molecule has 4 nitrogen and oxygen atoms in total. The van der Waals surface area contributed by atoms with Crippen LogP contribution in [0, 0.1) is 5.92 Å². The zero-order valence-corrected chi connectivity index (χ0v) is 9.40. The van der Waals surface area contributed by atoms with Crippen LogP contribution >= 0.6 is 11.6 Å². The molecule has 1 heterocycles. The van der Waals surface area contributed by atoms with E-state index in [0.717, 1.165) is 0 Å². The van der Waals surface area contributed by atoms with Crippen molar-refractivity contribution in [3.05, 3.63) is 0 Å². The van der Waals surface area contributed by atoms with Crippen LogP contribution in [0.3, 0.4) is 0 Å². The van der Waals surface area contributed by atoms with Gasteiger partial charge >= 0.3 is 0 Å². The Hall–Kier alpha value is -0.290. The van der Waals surface area contributed by atoms with Crippen molar-refractivity contribution in [2.45, 2.75) is 12.8 Å². The van der Waals surface area contributed by atoms with Gasteiger partial charge in [-0.05, 0) is 12.8 Å². The number of amides is 1. The molecule has 1 aliphatic rings. The van der Waals surface area contributed by atoms with E-state index in [2.05, 4.69) is 5.32 Å². The van der Waals surface area contributed by atoms with Crippen LogP contribution < -0.4 is 5.32 Å². The summed E-state index contributed by atoms with van der Waals surface area (Å²) < 4.78 is 22.1. The van der Waals surface area contributed by atoms with E-state index < -0.39 is 9.84 Å². The zero-order valence-electron chi connectivity index (χ0n) is 7.83. The third-order valence-corrected chi connectivity index (χ3v) is 4.25. The molecule has 1 unspecified atom stereocenters. The fraction of sp³-hybridized carbons (Fsp3) is 0.875. The van der Waals surface area contributed by atoms with Crippen molar-refractivity contribution in [1.82, 2.24) is 5.32 Å². The molecule has 0 saturated carbocycles. The van der Waals surface area contributed by atoms with Gasteiger partial charge in [0.25, 0.3) is 0 Å². The number of hydrogen-bond acceptors (Lipinski definition) is 3. The fourth-order valence-corrected chi connectivity index (χ4v) is 3.30. The Morgan fingerprint density at radius 2 is 2.21 bits per heavy atom. The summed E-state index contributed by atoms with van der Waals surface area (Å²) in [6, 6.07) is 0. The average molecular weight is 240 g/mol. The number of nitrogens with one attached hydrogen (secondary N) is 1. The Morgan fingerprint density at radius 3 is 2.71 bits per heavy atom. The zero-order chi connectivity index (χ0) is 10.6. The summed E-state index contributed by atoms with van der Waals surface area (Å²) in [5.74, 6) is 0.135. The molecule has 0 aromatic heterocycles. The fourth-order valence-electron chi connectivity index (χ4n) is 1.42. The summed E-state index contributed by atoms with van der Waals surface area (Å²) in [7, 11) is -2.96. The van der Waals surface area contributed by atoms with Gasteiger partial charge in [0, 0.05) is 12.4 Å². The minimum absolute atomic E-state index is 0.000289. The first kappa shape index (κ1) is 11.8. The third-order valence-electron chi connectivity index (χ3n) is 2.21. The molecule has 0 spiro atoms. The third kappa shape index (κ3) is 3.46. The van der Waals surface area contributed by atoms with Gasteiger partial charge in [0.2, 0.25) is 5.91 Å². The maximum atomic E-state index is 11.4. The van der Waals surface area contributed by atoms with Gasteiger partial charge in [0.1, 0.15) is 0 Å². The monoisotopic (exact) mass is 239 g/mol. The van der Waals surface area contributed by atoms with Crippen LogP contribution in [0.2, 0.25) is 0 Å². The number of rotatable bonds is 4. The molecule has 0 bridgehead atoms. The molecular weight excluding hydrogens is 226 g/mol. The summed E-state index contributed by atoms with van der Waals surface area (Å²) >= 11 is 5.44. The van der Waals surface area contributed by atoms with Crippen molar-refractivity contribution in [2.75, 3.05) is 23.9 Å². The molecule has 0 aromatic carbocycles. The van der Waals surface area contributed by atoms with Gasteiger partial charge in [-0.15, -0.1) is 11.6 Å². The summed E-state index contributed by atoms with van der Waals surface area (Å²) in [5.41, 5.74) is 0. The molecule has 1 N–H and O–H groups in total. The van der Waals surface area contributed by atoms with Crippen molar-refractivity contribution in [3.8, 4) is 0 Å². The van der Waals surface area contributed by atoms with Crippen LogP contribution in [0.25, 0.3) is 0 Å². The Kier molecular flexibility index (Phi) is 4.19. The van der Waals surface area contributed by atoms with E-state index in [1.165, 1.54) is 0 Å². The smallest absolute Gasteiger partial charge is 0.224 e. The van der Waals surface area contributed by atoms with Gasteiger partial charge in [-0.3, -0.25) is 4.79 Å². The number of carbonyl (C=O) groups excluding carboxylic acids is 1. The lowest BCUT2D eigenvalue weighted by molar-refractivity contribution is -0.124. The number of carbonyl (C=O) groups is 1. The molecule has 0 aliphatic carbocycles. The Labute approximate surface area is 88.9 Å². The van der Waals surface area contributed by atoms with E-state index in [1.807, 2.05) is 0 Å². The number of halogens is 1. The molecular formula is C8H14ClNO3S. The number of alkyl halides is 1. The van der Waals surface area contributed by atoms with E-state index >= 15 is 0 Å². The lowest BCUT2D eigenvalue weighted by atomic mass is 10.1. The molecule has 1 fully saturated rings. The molecule has 6 heteroatoms. The Morgan fingerprint density at radius 1 is 1.50 bits per heavy atom. The van der Waals surface area contributed by atoms with Crippen molar-refractivity contribution in [3.63, 3.8) is 0 Å². The predicted molar refractivity (Wildman–Crippen MR) is 55.1 cm³/mol. The molecule has 82 valence electrons. The summed E-state index contributed by atoms with van der Waals surface area (Å²) in [5, 5.41) is 2.68. The molecule has 1 rings (SSSR count). The minimum atomic E-state index is -2.96. The number of hydrogen-bond donors (Lipinski definition) is 1. The van der Waals surface area contributed by atoms with Gasteiger partial charge in [0.05, 0.1) is 17.4 Å². The van der Waals surface area contributed by atoms with Crippen LogP contribution in [0.1, 0.15) is 12.8 Å². The lowest BCUT2D eigenvalue weighted by Gasteiger charge is -2.07. The van der Waals surface area contributed by atoms with Gasteiger partial charge in [0.15, 0.2) is 9.84 Å². The predicted octanol–water partition coefficient (Wildman–Crippen LogP) is 0.166. The number of sulfone groups is 1. The van der Waals surface area contributed by atoms with Crippen LogP contribution in [-0.2, 0) is 14.6 Å². The van der Waals surface area contributed by atoms with E-state index in [1.54, 1.807) is 0 Å². The van der Waals surface area contributed by atoms with Crippen molar-refractivity contribution >= 4 is 27.3 Å². The van der Waals surface area contributed by atoms with E-state index in [0.29, 0.717) is 25.3 Å². The quantitative estimate of drug-likeness (QED) is 0.562. The molecule has 1 saturated heterocycles. The highest BCUT2D eigenvalue weighted by Crippen LogP contribution is 2.18. The van der Waals surface area contributed by atoms with Gasteiger partial charge in [-0.25, -0.2) is 8.42 Å². The molecule has 0 aromatic rings. The van der Waals surface area contributed by atoms with Crippen LogP contribution in [0.4, 0.5) is 0 Å². The van der Waals surface area contributed by atoms with E-state index in [-0.39, 0.29) is 23.3 Å². The second kappa shape index (κ2) is 4.98. The maximum Gasteiger partial charge on any atom is 0.224 e. The molecule has 1 aliphatic heterocycles. The summed E-state index contributed by atoms with van der Waals surface area (Å²) in [4.78, 5) is 11.4. The second-order valence-corrected chi connectivity index (χ2v) is 6.04. The van der Waals surface area contributed by atoms with Crippen LogP contribution in [0.15, 0.2) is 0 Å². The highest BCUT2D eigenvalue weighted by Gasteiger charge is 2.32. The summed E-state index contributed by atoms with van der Waals surface area (Å²) in [6.45, 7) is 0.527. The Balaban J connectivity index is 2.33. The standard InChI is InChI=1S/C8H14ClNO3S/c9-3-1-4-10-8(11)7-2-5-14(12,13)6-7/h7H,1-6H2,(H,10,11). The Bertz CT molecular complexity index is 302. The van der Waals surface area contributed by atoms with Crippen LogP contribution in [-0.4, -0.2) is 38.3 Å². The lowest BCUT2D eigenvalue weighted by Crippen LogP contribution is -2.32. The minimum Gasteiger partial charge on any atom is -0.356 e. The molecule has 0 radical (unpaired) electrons. The van der Waals surface area contributed by atoms with Crippen molar-refractivity contribution < 1.29 is 13.2 Å². The molecule has 1 amide bonds. The van der Waals surface area contributed by atoms with Gasteiger partial charge in [-0.2, -0.15) is 0 Å². The van der Waals surface area contributed by atoms with E-state index in [4.69, 9.17) is 11.6 Å². The maximum absolute atomic E-state index is 11.4. The first-order chi connectivity index (χ1) is 6.55. The SMILES string of the molecule is O=C(NCCCCl)C1CCS(=O)(=O)C1. The highest BCUT2D eigenvalue weighted by molar-refractivity contribution is 7.91. The molecule has 14 heavy (non-hydrogen) atoms. The van der Waals surface area contributed by atoms with Gasteiger partial charge < -0.3 is 5.32 Å². The largest absolute Gasteiger partial charge is 0.356 e. The second-order valence-electron chi connectivity index (χ2n) is 3.43. The summed E-state index contributed by atoms with van der Waals surface area (Å²) in [6.07, 6.45) is 1.17. The normalized spacial score (nSPS) is 24.8. The van der Waals surface area contributed by atoms with Gasteiger partial charge in [-0.1, -0.05) is 0 Å². The first-order valence-corrected chi connectivity index (χ1v) is 6.95. The van der Waals surface area contributed by atoms with Crippen molar-refractivity contribution in [2.24, 2.45) is 5.92 Å². The van der Waals surface area contributed by atoms with E-state index in [9.17, 15) is 13.2 Å². The first-order valence-electron chi connectivity index (χ1n) is 4.59. The topological polar surface area (TPSA) is 63.2 Å². The average Bonchev–Trinajstić information content (AvgIpc) is 2.46. The van der Waals surface area contributed by atoms with Crippen molar-refractivity contribution in [1.29, 1.82) is 0 Å². The molecule has 1 atom stereocenters. The highest BCUT2D eigenvalue weighted by atomic mass is 35.5.